The Hall–Kier alpha value is -3.45. The molecule has 30 heavy (non-hydrogen) atoms. The smallest absolute Gasteiger partial charge is 0.295 e. The van der Waals surface area contributed by atoms with Crippen molar-refractivity contribution >= 4 is 29.1 Å². The lowest BCUT2D eigenvalue weighted by atomic mass is 9.96. The Kier molecular flexibility index (Phi) is 5.63. The molecule has 0 bridgehead atoms. The molecule has 2 N–H and O–H groups in total. The van der Waals surface area contributed by atoms with Crippen molar-refractivity contribution in [2.75, 3.05) is 6.54 Å². The number of aliphatic hydroxyl groups is 1. The molecule has 0 spiro atoms. The molecule has 3 aromatic rings. The summed E-state index contributed by atoms with van der Waals surface area (Å²) >= 11 is 5.94. The number of aromatic nitrogens is 3. The minimum atomic E-state index is -0.695. The predicted molar refractivity (Wildman–Crippen MR) is 110 cm³/mol. The van der Waals surface area contributed by atoms with Gasteiger partial charge in [-0.05, 0) is 36.8 Å². The van der Waals surface area contributed by atoms with Crippen LogP contribution in [0.4, 0.5) is 0 Å². The van der Waals surface area contributed by atoms with Crippen LogP contribution in [0.1, 0.15) is 23.6 Å². The molecule has 0 aliphatic carbocycles. The van der Waals surface area contributed by atoms with Crippen LogP contribution in [0, 0.1) is 0 Å². The summed E-state index contributed by atoms with van der Waals surface area (Å²) < 4.78 is 1.91. The first-order valence-corrected chi connectivity index (χ1v) is 9.90. The minimum Gasteiger partial charge on any atom is -0.507 e. The lowest BCUT2D eigenvalue weighted by Gasteiger charge is -2.24. The Labute approximate surface area is 178 Å². The summed E-state index contributed by atoms with van der Waals surface area (Å²) in [6.07, 6.45) is 9.36. The van der Waals surface area contributed by atoms with E-state index in [2.05, 4.69) is 9.97 Å². The maximum Gasteiger partial charge on any atom is 0.295 e. The Morgan fingerprint density at radius 3 is 2.63 bits per heavy atom. The van der Waals surface area contributed by atoms with E-state index in [0.29, 0.717) is 30.1 Å². The van der Waals surface area contributed by atoms with Gasteiger partial charge in [0, 0.05) is 47.7 Å². The molecule has 3 heterocycles. The van der Waals surface area contributed by atoms with E-state index < -0.39 is 17.7 Å². The average Bonchev–Trinajstić information content (AvgIpc) is 3.37. The second kappa shape index (κ2) is 8.51. The molecular formula is C22H20ClN4O3+. The van der Waals surface area contributed by atoms with Gasteiger partial charge in [-0.2, -0.15) is 0 Å². The number of aryl methyl sites for hydroxylation is 1. The molecule has 7 nitrogen and oxygen atoms in total. The lowest BCUT2D eigenvalue weighted by molar-refractivity contribution is -0.379. The average molecular weight is 424 g/mol. The van der Waals surface area contributed by atoms with Gasteiger partial charge in [0.15, 0.2) is 12.4 Å². The molecular weight excluding hydrogens is 404 g/mol. The number of amides is 1. The number of carbonyl (C=O) groups excluding carboxylic acids is 2. The number of H-pyrrole nitrogens is 1. The fraction of sp³-hybridized carbons (Fsp3) is 0.182. The monoisotopic (exact) mass is 423 g/mol. The molecule has 1 fully saturated rings. The van der Waals surface area contributed by atoms with E-state index >= 15 is 0 Å². The maximum absolute atomic E-state index is 12.9. The summed E-state index contributed by atoms with van der Waals surface area (Å²) in [5, 5.41) is 11.5. The number of nitrogens with one attached hydrogen (secondary N) is 1. The number of nitrogens with zero attached hydrogens (tertiary/aromatic N) is 3. The van der Waals surface area contributed by atoms with Crippen LogP contribution in [-0.2, 0) is 16.1 Å². The fourth-order valence-electron chi connectivity index (χ4n) is 3.64. The van der Waals surface area contributed by atoms with Crippen molar-refractivity contribution in [3.8, 4) is 0 Å². The first-order valence-electron chi connectivity index (χ1n) is 9.52. The number of aliphatic hydroxyl groups excluding tert-OH is 1. The van der Waals surface area contributed by atoms with E-state index in [1.54, 1.807) is 55.2 Å². The first kappa shape index (κ1) is 19.8. The van der Waals surface area contributed by atoms with E-state index in [9.17, 15) is 14.7 Å². The molecule has 0 saturated carbocycles. The van der Waals surface area contributed by atoms with Crippen LogP contribution < -0.4 is 4.98 Å². The topological polar surface area (TPSA) is 89.6 Å². The molecule has 2 aromatic heterocycles. The number of pyridine rings is 1. The third-order valence-corrected chi connectivity index (χ3v) is 5.33. The number of imidazole rings is 1. The Morgan fingerprint density at radius 2 is 1.97 bits per heavy atom. The summed E-state index contributed by atoms with van der Waals surface area (Å²) in [7, 11) is 0. The Morgan fingerprint density at radius 1 is 1.17 bits per heavy atom. The molecule has 0 radical (unpaired) electrons. The number of Topliss-reactive ketones (excluding diaryl/α,β-unsaturated/α-hetero) is 1. The SMILES string of the molecule is O=C1C(=O)N(CCCn2ccnc2)C(c2ccc[nH+]c2)C1=C(O)c1ccc(Cl)cc1. The van der Waals surface area contributed by atoms with Crippen molar-refractivity contribution in [3.63, 3.8) is 0 Å². The predicted octanol–water partition coefficient (Wildman–Crippen LogP) is 2.86. The number of ketones is 1. The van der Waals surface area contributed by atoms with Crippen LogP contribution in [0.2, 0.25) is 5.02 Å². The number of hydrogen-bond donors (Lipinski definition) is 1. The van der Waals surface area contributed by atoms with Gasteiger partial charge in [0.1, 0.15) is 5.76 Å². The van der Waals surface area contributed by atoms with Gasteiger partial charge >= 0.3 is 0 Å². The molecule has 8 heteroatoms. The van der Waals surface area contributed by atoms with Crippen LogP contribution in [0.25, 0.3) is 5.76 Å². The Bertz CT molecular complexity index is 1080. The summed E-state index contributed by atoms with van der Waals surface area (Å²) in [6, 6.07) is 9.44. The van der Waals surface area contributed by atoms with Crippen LogP contribution >= 0.6 is 11.6 Å². The molecule has 1 saturated heterocycles. The number of benzene rings is 1. The van der Waals surface area contributed by atoms with Crippen LogP contribution in [-0.4, -0.2) is 37.8 Å². The largest absolute Gasteiger partial charge is 0.507 e. The molecule has 1 atom stereocenters. The molecule has 1 unspecified atom stereocenters. The first-order chi connectivity index (χ1) is 14.6. The number of carbonyl (C=O) groups is 2. The van der Waals surface area contributed by atoms with Gasteiger partial charge in [-0.25, -0.2) is 9.97 Å². The molecule has 1 amide bonds. The Balaban J connectivity index is 1.71. The summed E-state index contributed by atoms with van der Waals surface area (Å²) in [4.78, 5) is 34.3. The summed E-state index contributed by atoms with van der Waals surface area (Å²) in [6.45, 7) is 1.02. The number of rotatable bonds is 6. The van der Waals surface area contributed by atoms with Gasteiger partial charge in [0.2, 0.25) is 0 Å². The van der Waals surface area contributed by atoms with Crippen LogP contribution in [0.5, 0.6) is 0 Å². The highest BCUT2D eigenvalue weighted by Gasteiger charge is 2.46. The van der Waals surface area contributed by atoms with Crippen LogP contribution in [0.3, 0.4) is 0 Å². The second-order valence-corrected chi connectivity index (χ2v) is 7.43. The normalized spacial score (nSPS) is 18.2. The highest BCUT2D eigenvalue weighted by Crippen LogP contribution is 2.39. The quantitative estimate of drug-likeness (QED) is 0.375. The third-order valence-electron chi connectivity index (χ3n) is 5.08. The van der Waals surface area contributed by atoms with Gasteiger partial charge in [-0.3, -0.25) is 9.59 Å². The van der Waals surface area contributed by atoms with E-state index in [-0.39, 0.29) is 11.3 Å². The van der Waals surface area contributed by atoms with Gasteiger partial charge in [-0.15, -0.1) is 0 Å². The number of likely N-dealkylation sites (tertiary alicyclic amines) is 1. The standard InChI is InChI=1S/C22H19ClN4O3/c23-17-6-4-15(5-7-17)20(28)18-19(16-3-1-8-24-13-16)27(22(30)21(18)29)11-2-10-26-12-9-25-14-26/h1,3-9,12-14,19,28H,2,10-11H2/p+1. The van der Waals surface area contributed by atoms with E-state index in [1.165, 1.54) is 4.90 Å². The van der Waals surface area contributed by atoms with Crippen molar-refractivity contribution in [1.29, 1.82) is 0 Å². The van der Waals surface area contributed by atoms with E-state index in [1.807, 2.05) is 16.8 Å². The maximum atomic E-state index is 12.9. The van der Waals surface area contributed by atoms with Gasteiger partial charge < -0.3 is 14.6 Å². The third kappa shape index (κ3) is 3.84. The molecule has 1 aliphatic heterocycles. The van der Waals surface area contributed by atoms with Crippen molar-refractivity contribution in [2.24, 2.45) is 0 Å². The van der Waals surface area contributed by atoms with Crippen molar-refractivity contribution in [2.45, 2.75) is 19.0 Å². The zero-order valence-corrected chi connectivity index (χ0v) is 16.8. The van der Waals surface area contributed by atoms with Gasteiger partial charge in [0.05, 0.1) is 17.9 Å². The summed E-state index contributed by atoms with van der Waals surface area (Å²) in [5.74, 6) is -1.53. The number of hydrogen-bond acceptors (Lipinski definition) is 4. The molecule has 1 aliphatic rings. The van der Waals surface area contributed by atoms with Crippen molar-refractivity contribution in [3.05, 3.63) is 89.2 Å². The zero-order valence-electron chi connectivity index (χ0n) is 16.0. The van der Waals surface area contributed by atoms with E-state index in [4.69, 9.17) is 11.6 Å². The van der Waals surface area contributed by atoms with Gasteiger partial charge in [-0.1, -0.05) is 11.6 Å². The molecule has 152 valence electrons. The highest BCUT2D eigenvalue weighted by atomic mass is 35.5. The molecule has 4 rings (SSSR count). The second-order valence-electron chi connectivity index (χ2n) is 6.99. The highest BCUT2D eigenvalue weighted by molar-refractivity contribution is 6.46. The van der Waals surface area contributed by atoms with Crippen LogP contribution in [0.15, 0.2) is 73.1 Å². The van der Waals surface area contributed by atoms with Gasteiger partial charge in [0.25, 0.3) is 11.7 Å². The van der Waals surface area contributed by atoms with Crippen molar-refractivity contribution < 1.29 is 19.7 Å². The number of halogens is 1. The summed E-state index contributed by atoms with van der Waals surface area (Å²) in [5.41, 5.74) is 1.22. The fourth-order valence-corrected chi connectivity index (χ4v) is 3.77. The minimum absolute atomic E-state index is 0.0737. The zero-order chi connectivity index (χ0) is 21.1. The van der Waals surface area contributed by atoms with Crippen molar-refractivity contribution in [1.82, 2.24) is 14.5 Å². The number of aromatic amines is 1. The lowest BCUT2D eigenvalue weighted by Crippen LogP contribution is -2.31. The molecule has 1 aromatic carbocycles. The van der Waals surface area contributed by atoms with E-state index in [0.717, 1.165) is 5.56 Å².